The minimum Gasteiger partial charge on any atom is -0.465 e. The molecule has 1 heterocycles. The molecular weight excluding hydrogens is 168 g/mol. The Kier molecular flexibility index (Phi) is 2.41. The van der Waals surface area contributed by atoms with E-state index in [2.05, 4.69) is 17.4 Å². The lowest BCUT2D eigenvalue weighted by Crippen LogP contribution is -2.43. The van der Waals surface area contributed by atoms with Gasteiger partial charge < -0.3 is 14.9 Å². The molecule has 0 aliphatic carbocycles. The van der Waals surface area contributed by atoms with E-state index in [1.54, 1.807) is 0 Å². The quantitative estimate of drug-likeness (QED) is 0.373. The first-order valence-corrected chi connectivity index (χ1v) is 3.74. The van der Waals surface area contributed by atoms with Crippen LogP contribution in [0.5, 0.6) is 0 Å². The van der Waals surface area contributed by atoms with E-state index < -0.39 is 23.4 Å². The number of ether oxygens (including phenoxy) is 1. The van der Waals surface area contributed by atoms with Crippen molar-refractivity contribution in [2.75, 3.05) is 13.2 Å². The van der Waals surface area contributed by atoms with E-state index in [-0.39, 0.29) is 6.61 Å². The van der Waals surface area contributed by atoms with Crippen LogP contribution in [-0.2, 0) is 9.53 Å². The smallest absolute Gasteiger partial charge is 0.324 e. The second-order valence-corrected chi connectivity index (χ2v) is 3.31. The molecule has 2 N–H and O–H groups in total. The van der Waals surface area contributed by atoms with Gasteiger partial charge in [0.05, 0.1) is 13.2 Å². The van der Waals surface area contributed by atoms with Crippen molar-refractivity contribution in [2.45, 2.75) is 17.3 Å². The first-order valence-electron chi connectivity index (χ1n) is 3.30. The molecule has 1 saturated heterocycles. The van der Waals surface area contributed by atoms with Crippen LogP contribution in [0.3, 0.4) is 0 Å². The molecule has 0 spiro atoms. The molecule has 0 aromatic rings. The summed E-state index contributed by atoms with van der Waals surface area (Å²) in [7, 11) is 0. The van der Waals surface area contributed by atoms with E-state index in [4.69, 9.17) is 10.2 Å². The topological polar surface area (TPSA) is 66.8 Å². The number of hydrogen-bond donors (Lipinski definition) is 3. The summed E-state index contributed by atoms with van der Waals surface area (Å²) < 4.78 is 3.41. The summed E-state index contributed by atoms with van der Waals surface area (Å²) in [4.78, 5) is 10.9. The standard InChI is InChI=1S/C6H10O4S/c7-3-4(8)6(11)1-2-10-5(6)9/h4,7-8,11H,1-3H2/t4-,6+/m0/s1. The number of aliphatic hydroxyl groups excluding tert-OH is 2. The third-order valence-electron chi connectivity index (χ3n) is 1.79. The molecule has 1 aliphatic rings. The number of hydrogen-bond acceptors (Lipinski definition) is 5. The Balaban J connectivity index is 2.72. The molecule has 0 bridgehead atoms. The van der Waals surface area contributed by atoms with Gasteiger partial charge in [0.25, 0.3) is 0 Å². The summed E-state index contributed by atoms with van der Waals surface area (Å²) >= 11 is 3.97. The number of esters is 1. The summed E-state index contributed by atoms with van der Waals surface area (Å²) in [6.45, 7) is -0.210. The number of carbonyl (C=O) groups excluding carboxylic acids is 1. The van der Waals surface area contributed by atoms with Crippen LogP contribution in [0, 0.1) is 0 Å². The molecule has 0 aromatic carbocycles. The molecule has 2 atom stereocenters. The van der Waals surface area contributed by atoms with Crippen LogP contribution in [0.2, 0.25) is 0 Å². The average Bonchev–Trinajstić information content (AvgIpc) is 2.32. The minimum absolute atomic E-state index is 0.263. The fourth-order valence-corrected chi connectivity index (χ4v) is 1.22. The molecule has 0 aromatic heterocycles. The Hall–Kier alpha value is -0.260. The minimum atomic E-state index is -1.20. The van der Waals surface area contributed by atoms with Crippen molar-refractivity contribution in [1.29, 1.82) is 0 Å². The lowest BCUT2D eigenvalue weighted by atomic mass is 10.0. The summed E-state index contributed by atoms with van der Waals surface area (Å²) in [6.07, 6.45) is -0.794. The van der Waals surface area contributed by atoms with Gasteiger partial charge in [-0.2, -0.15) is 12.6 Å². The van der Waals surface area contributed by atoms with Gasteiger partial charge in [0, 0.05) is 6.42 Å². The van der Waals surface area contributed by atoms with Gasteiger partial charge in [0.2, 0.25) is 0 Å². The van der Waals surface area contributed by atoms with Gasteiger partial charge in [0.15, 0.2) is 0 Å². The maximum Gasteiger partial charge on any atom is 0.324 e. The maximum atomic E-state index is 10.9. The molecule has 5 heteroatoms. The van der Waals surface area contributed by atoms with Crippen LogP contribution in [0.4, 0.5) is 0 Å². The first kappa shape index (κ1) is 8.83. The van der Waals surface area contributed by atoms with Crippen LogP contribution >= 0.6 is 12.6 Å². The summed E-state index contributed by atoms with van der Waals surface area (Å²) in [5.41, 5.74) is 0. The van der Waals surface area contributed by atoms with Crippen LogP contribution in [-0.4, -0.2) is 40.2 Å². The summed E-state index contributed by atoms with van der Waals surface area (Å²) in [5, 5.41) is 17.7. The molecule has 64 valence electrons. The second-order valence-electron chi connectivity index (χ2n) is 2.51. The van der Waals surface area contributed by atoms with E-state index in [1.807, 2.05) is 0 Å². The van der Waals surface area contributed by atoms with Gasteiger partial charge >= 0.3 is 5.97 Å². The van der Waals surface area contributed by atoms with Crippen LogP contribution in [0.25, 0.3) is 0 Å². The average molecular weight is 178 g/mol. The van der Waals surface area contributed by atoms with Gasteiger partial charge in [0.1, 0.15) is 10.9 Å². The Bertz CT molecular complexity index is 172. The van der Waals surface area contributed by atoms with E-state index in [0.29, 0.717) is 6.42 Å². The molecule has 0 saturated carbocycles. The normalized spacial score (nSPS) is 33.5. The Morgan fingerprint density at radius 3 is 2.82 bits per heavy atom. The molecule has 11 heavy (non-hydrogen) atoms. The Morgan fingerprint density at radius 2 is 2.45 bits per heavy atom. The lowest BCUT2D eigenvalue weighted by molar-refractivity contribution is -0.142. The zero-order chi connectivity index (χ0) is 8.48. The molecule has 4 nitrogen and oxygen atoms in total. The number of carbonyl (C=O) groups is 1. The molecule has 0 radical (unpaired) electrons. The van der Waals surface area contributed by atoms with Crippen molar-refractivity contribution >= 4 is 18.6 Å². The van der Waals surface area contributed by atoms with E-state index in [1.165, 1.54) is 0 Å². The van der Waals surface area contributed by atoms with E-state index >= 15 is 0 Å². The largest absolute Gasteiger partial charge is 0.465 e. The van der Waals surface area contributed by atoms with Gasteiger partial charge in [-0.1, -0.05) is 0 Å². The number of thiol groups is 1. The SMILES string of the molecule is O=C1OCC[C@@]1(S)[C@@H](O)CO. The zero-order valence-corrected chi connectivity index (χ0v) is 6.75. The monoisotopic (exact) mass is 178 g/mol. The predicted octanol–water partition coefficient (Wildman–Crippen LogP) is -1.04. The Morgan fingerprint density at radius 1 is 1.82 bits per heavy atom. The maximum absolute atomic E-state index is 10.9. The van der Waals surface area contributed by atoms with Crippen LogP contribution in [0.15, 0.2) is 0 Å². The van der Waals surface area contributed by atoms with Crippen molar-refractivity contribution in [2.24, 2.45) is 0 Å². The van der Waals surface area contributed by atoms with Crippen molar-refractivity contribution in [3.8, 4) is 0 Å². The molecule has 1 fully saturated rings. The van der Waals surface area contributed by atoms with Crippen LogP contribution < -0.4 is 0 Å². The van der Waals surface area contributed by atoms with Crippen LogP contribution in [0.1, 0.15) is 6.42 Å². The third-order valence-corrected chi connectivity index (χ3v) is 2.50. The number of rotatable bonds is 2. The van der Waals surface area contributed by atoms with E-state index in [0.717, 1.165) is 0 Å². The second kappa shape index (κ2) is 3.00. The predicted molar refractivity (Wildman–Crippen MR) is 40.4 cm³/mol. The highest BCUT2D eigenvalue weighted by Crippen LogP contribution is 2.30. The van der Waals surface area contributed by atoms with Gasteiger partial charge in [-0.05, 0) is 0 Å². The fourth-order valence-electron chi connectivity index (χ4n) is 0.980. The lowest BCUT2D eigenvalue weighted by Gasteiger charge is -2.22. The zero-order valence-electron chi connectivity index (χ0n) is 5.86. The highest BCUT2D eigenvalue weighted by molar-refractivity contribution is 7.82. The van der Waals surface area contributed by atoms with Crippen molar-refractivity contribution in [1.82, 2.24) is 0 Å². The third kappa shape index (κ3) is 1.36. The van der Waals surface area contributed by atoms with Gasteiger partial charge in [-0.3, -0.25) is 4.79 Å². The highest BCUT2D eigenvalue weighted by Gasteiger charge is 2.47. The van der Waals surface area contributed by atoms with Crippen molar-refractivity contribution in [3.05, 3.63) is 0 Å². The highest BCUT2D eigenvalue weighted by atomic mass is 32.1. The molecule has 1 aliphatic heterocycles. The van der Waals surface area contributed by atoms with Crippen molar-refractivity contribution < 1.29 is 19.7 Å². The summed E-state index contributed by atoms with van der Waals surface area (Å²) in [5.74, 6) is -0.553. The fraction of sp³-hybridized carbons (Fsp3) is 0.833. The van der Waals surface area contributed by atoms with Crippen molar-refractivity contribution in [3.63, 3.8) is 0 Å². The van der Waals surface area contributed by atoms with Gasteiger partial charge in [-0.15, -0.1) is 0 Å². The first-order chi connectivity index (χ1) is 5.11. The summed E-state index contributed by atoms with van der Waals surface area (Å²) in [6, 6.07) is 0. The Labute approximate surface area is 69.6 Å². The molecule has 0 amide bonds. The molecular formula is C6H10O4S. The van der Waals surface area contributed by atoms with E-state index in [9.17, 15) is 4.79 Å². The molecule has 0 unspecified atom stereocenters. The van der Waals surface area contributed by atoms with Gasteiger partial charge in [-0.25, -0.2) is 0 Å². The number of cyclic esters (lactones) is 1. The number of aliphatic hydroxyl groups is 2. The molecule has 1 rings (SSSR count).